The molecule has 1 heterocycles. The summed E-state index contributed by atoms with van der Waals surface area (Å²) in [5, 5.41) is 2.78. The molecule has 0 aromatic heterocycles. The highest BCUT2D eigenvalue weighted by atomic mass is 31.1. The van der Waals surface area contributed by atoms with E-state index in [2.05, 4.69) is 109 Å². The van der Waals surface area contributed by atoms with Crippen LogP contribution >= 0.6 is 8.58 Å². The highest BCUT2D eigenvalue weighted by Crippen LogP contribution is 2.29. The van der Waals surface area contributed by atoms with Gasteiger partial charge < -0.3 is 4.74 Å². The standard InChI is InChI=1S/C33H36NOP/c1-26-13-11-19-30(24-34-21-9-4-10-22-34)33(26)36-31-20-12-18-29(23-27-14-5-2-6-15-27)32(31)35-25-28-16-7-3-8-17-28/h2-3,5-8,11-20,36H,4,9-10,21-25H2,1H3. The molecule has 184 valence electrons. The third-order valence-electron chi connectivity index (χ3n) is 7.02. The first-order chi connectivity index (χ1) is 17.8. The summed E-state index contributed by atoms with van der Waals surface area (Å²) in [7, 11) is 0.567. The molecule has 1 fully saturated rings. The number of ether oxygens (including phenoxy) is 1. The molecule has 3 heteroatoms. The Morgan fingerprint density at radius 3 is 2.11 bits per heavy atom. The molecule has 0 radical (unpaired) electrons. The molecule has 1 saturated heterocycles. The predicted molar refractivity (Wildman–Crippen MR) is 154 cm³/mol. The fourth-order valence-corrected chi connectivity index (χ4v) is 6.47. The highest BCUT2D eigenvalue weighted by Gasteiger charge is 2.17. The Balaban J connectivity index is 1.46. The number of piperidine rings is 1. The van der Waals surface area contributed by atoms with Gasteiger partial charge in [-0.15, -0.1) is 0 Å². The lowest BCUT2D eigenvalue weighted by molar-refractivity contribution is 0.221. The van der Waals surface area contributed by atoms with Gasteiger partial charge in [0.15, 0.2) is 0 Å². The van der Waals surface area contributed by atoms with E-state index in [4.69, 9.17) is 4.74 Å². The minimum atomic E-state index is 0.567. The molecule has 0 spiro atoms. The van der Waals surface area contributed by atoms with Gasteiger partial charge in [0, 0.05) is 18.3 Å². The van der Waals surface area contributed by atoms with Crippen molar-refractivity contribution in [3.63, 3.8) is 0 Å². The molecule has 1 atom stereocenters. The number of likely N-dealkylation sites (tertiary alicyclic amines) is 1. The second-order valence-electron chi connectivity index (χ2n) is 9.80. The maximum atomic E-state index is 6.63. The first-order valence-corrected chi connectivity index (χ1v) is 14.2. The second kappa shape index (κ2) is 12.3. The van der Waals surface area contributed by atoms with Crippen LogP contribution in [0.4, 0.5) is 0 Å². The van der Waals surface area contributed by atoms with Gasteiger partial charge in [-0.05, 0) is 66.0 Å². The van der Waals surface area contributed by atoms with Crippen molar-refractivity contribution in [1.29, 1.82) is 0 Å². The summed E-state index contributed by atoms with van der Waals surface area (Å²) in [5.41, 5.74) is 6.61. The number of benzene rings is 4. The normalized spacial score (nSPS) is 14.4. The zero-order chi connectivity index (χ0) is 24.6. The van der Waals surface area contributed by atoms with Crippen LogP contribution in [-0.2, 0) is 19.6 Å². The van der Waals surface area contributed by atoms with Gasteiger partial charge in [-0.3, -0.25) is 4.90 Å². The minimum Gasteiger partial charge on any atom is -0.488 e. The molecule has 1 unspecified atom stereocenters. The molecule has 4 aromatic rings. The van der Waals surface area contributed by atoms with Crippen LogP contribution in [-0.4, -0.2) is 18.0 Å². The molecular formula is C33H36NOP. The number of para-hydroxylation sites is 1. The highest BCUT2D eigenvalue weighted by molar-refractivity contribution is 7.56. The van der Waals surface area contributed by atoms with E-state index in [0.717, 1.165) is 18.7 Å². The summed E-state index contributed by atoms with van der Waals surface area (Å²) in [4.78, 5) is 2.63. The molecule has 0 bridgehead atoms. The summed E-state index contributed by atoms with van der Waals surface area (Å²) in [6, 6.07) is 34.7. The van der Waals surface area contributed by atoms with E-state index >= 15 is 0 Å². The Labute approximate surface area is 218 Å². The van der Waals surface area contributed by atoms with Gasteiger partial charge >= 0.3 is 0 Å². The molecule has 0 amide bonds. The molecule has 0 saturated carbocycles. The van der Waals surface area contributed by atoms with Crippen molar-refractivity contribution in [2.24, 2.45) is 0 Å². The van der Waals surface area contributed by atoms with E-state index in [9.17, 15) is 0 Å². The van der Waals surface area contributed by atoms with Crippen LogP contribution in [0.3, 0.4) is 0 Å². The Morgan fingerprint density at radius 1 is 0.694 bits per heavy atom. The van der Waals surface area contributed by atoms with Crippen molar-refractivity contribution in [1.82, 2.24) is 4.90 Å². The fourth-order valence-electron chi connectivity index (χ4n) is 5.07. The summed E-state index contributed by atoms with van der Waals surface area (Å²) in [6.07, 6.45) is 4.89. The van der Waals surface area contributed by atoms with Crippen LogP contribution in [0.25, 0.3) is 0 Å². The predicted octanol–water partition coefficient (Wildman–Crippen LogP) is 6.78. The first-order valence-electron chi connectivity index (χ1n) is 13.2. The summed E-state index contributed by atoms with van der Waals surface area (Å²) in [6.45, 7) is 6.33. The average molecular weight is 494 g/mol. The lowest BCUT2D eigenvalue weighted by Crippen LogP contribution is -2.31. The van der Waals surface area contributed by atoms with Crippen molar-refractivity contribution < 1.29 is 4.74 Å². The summed E-state index contributed by atoms with van der Waals surface area (Å²) in [5.74, 6) is 1.05. The SMILES string of the molecule is Cc1cccc(CN2CCCCC2)c1Pc1cccc(Cc2ccccc2)c1OCc1ccccc1. The van der Waals surface area contributed by atoms with Crippen LogP contribution in [0.2, 0.25) is 0 Å². The van der Waals surface area contributed by atoms with E-state index in [1.54, 1.807) is 0 Å². The molecule has 2 nitrogen and oxygen atoms in total. The molecule has 4 aromatic carbocycles. The number of hydrogen-bond acceptors (Lipinski definition) is 2. The second-order valence-corrected chi connectivity index (χ2v) is 11.1. The van der Waals surface area contributed by atoms with E-state index in [-0.39, 0.29) is 0 Å². The third kappa shape index (κ3) is 6.44. The molecule has 5 rings (SSSR count). The molecular weight excluding hydrogens is 457 g/mol. The molecule has 36 heavy (non-hydrogen) atoms. The minimum absolute atomic E-state index is 0.567. The zero-order valence-electron chi connectivity index (χ0n) is 21.2. The molecule has 0 N–H and O–H groups in total. The molecule has 1 aliphatic rings. The van der Waals surface area contributed by atoms with E-state index in [1.807, 2.05) is 0 Å². The monoisotopic (exact) mass is 493 g/mol. The summed E-state index contributed by atoms with van der Waals surface area (Å²) < 4.78 is 6.63. The van der Waals surface area contributed by atoms with Crippen molar-refractivity contribution in [2.75, 3.05) is 13.1 Å². The van der Waals surface area contributed by atoms with Crippen LogP contribution in [0.5, 0.6) is 5.75 Å². The Kier molecular flexibility index (Phi) is 8.49. The summed E-state index contributed by atoms with van der Waals surface area (Å²) >= 11 is 0. The van der Waals surface area contributed by atoms with E-state index < -0.39 is 0 Å². The van der Waals surface area contributed by atoms with Gasteiger partial charge in [-0.1, -0.05) is 112 Å². The number of hydrogen-bond donors (Lipinski definition) is 0. The van der Waals surface area contributed by atoms with Gasteiger partial charge in [0.25, 0.3) is 0 Å². The Bertz CT molecular complexity index is 1250. The van der Waals surface area contributed by atoms with Crippen LogP contribution in [0.1, 0.15) is 47.1 Å². The number of rotatable bonds is 9. The molecule has 0 aliphatic carbocycles. The smallest absolute Gasteiger partial charge is 0.131 e. The topological polar surface area (TPSA) is 12.5 Å². The van der Waals surface area contributed by atoms with Gasteiger partial charge in [-0.25, -0.2) is 0 Å². The lowest BCUT2D eigenvalue weighted by atomic mass is 10.0. The van der Waals surface area contributed by atoms with Crippen LogP contribution in [0.15, 0.2) is 97.1 Å². The fraction of sp³-hybridized carbons (Fsp3) is 0.273. The van der Waals surface area contributed by atoms with Crippen LogP contribution in [0, 0.1) is 6.92 Å². The van der Waals surface area contributed by atoms with Crippen LogP contribution < -0.4 is 15.3 Å². The zero-order valence-corrected chi connectivity index (χ0v) is 22.2. The van der Waals surface area contributed by atoms with Gasteiger partial charge in [0.2, 0.25) is 0 Å². The van der Waals surface area contributed by atoms with Gasteiger partial charge in [0.05, 0.1) is 0 Å². The first kappa shape index (κ1) is 24.8. The maximum Gasteiger partial charge on any atom is 0.131 e. The lowest BCUT2D eigenvalue weighted by Gasteiger charge is -2.28. The molecule has 1 aliphatic heterocycles. The number of nitrogens with zero attached hydrogens (tertiary/aromatic N) is 1. The number of aryl methyl sites for hydroxylation is 1. The largest absolute Gasteiger partial charge is 0.488 e. The quantitative estimate of drug-likeness (QED) is 0.238. The average Bonchev–Trinajstić information content (AvgIpc) is 2.92. The van der Waals surface area contributed by atoms with E-state index in [1.165, 1.54) is 70.8 Å². The third-order valence-corrected chi connectivity index (χ3v) is 8.65. The van der Waals surface area contributed by atoms with Crippen molar-refractivity contribution in [3.05, 3.63) is 125 Å². The van der Waals surface area contributed by atoms with E-state index in [0.29, 0.717) is 15.2 Å². The van der Waals surface area contributed by atoms with Gasteiger partial charge in [0.1, 0.15) is 12.4 Å². The maximum absolute atomic E-state index is 6.63. The Hall–Kier alpha value is -2.93. The van der Waals surface area contributed by atoms with Gasteiger partial charge in [-0.2, -0.15) is 0 Å². The van der Waals surface area contributed by atoms with Crippen molar-refractivity contribution >= 4 is 19.2 Å². The Morgan fingerprint density at radius 2 is 1.36 bits per heavy atom. The van der Waals surface area contributed by atoms with Crippen molar-refractivity contribution in [3.8, 4) is 5.75 Å². The van der Waals surface area contributed by atoms with Crippen molar-refractivity contribution in [2.45, 2.75) is 45.8 Å².